The number of nitrogens with zero attached hydrogens (tertiary/aromatic N) is 6. The number of hydrogen-bond donors (Lipinski definition) is 3. The Morgan fingerprint density at radius 3 is 2.60 bits per heavy atom. The van der Waals surface area contributed by atoms with E-state index in [1.54, 1.807) is 65.5 Å². The predicted octanol–water partition coefficient (Wildman–Crippen LogP) is 5.01. The molecule has 5 aromatic rings. The zero-order chi connectivity index (χ0) is 38.1. The Bertz CT molecular complexity index is 2310. The van der Waals surface area contributed by atoms with Gasteiger partial charge >= 0.3 is 0 Å². The summed E-state index contributed by atoms with van der Waals surface area (Å²) < 4.78 is 1.93. The molecule has 15 heteroatoms. The molecule has 0 saturated carbocycles. The number of piperidine rings is 1. The fraction of sp³-hybridized carbons (Fsp3) is 0.300. The number of imidazole rings is 1. The molecule has 0 bridgehead atoms. The van der Waals surface area contributed by atoms with Crippen molar-refractivity contribution in [2.75, 3.05) is 23.3 Å². The molecular weight excluding hydrogens is 719 g/mol. The largest absolute Gasteiger partial charge is 0.382 e. The fourth-order valence-corrected chi connectivity index (χ4v) is 8.75. The molecule has 2 atom stereocenters. The number of benzene rings is 2. The number of hydrogen-bond acceptors (Lipinski definition) is 10. The number of nitrogens with one attached hydrogen (secondary N) is 2. The van der Waals surface area contributed by atoms with Crippen LogP contribution in [-0.4, -0.2) is 77.0 Å². The number of pyridine rings is 1. The van der Waals surface area contributed by atoms with E-state index in [1.165, 1.54) is 0 Å². The highest BCUT2D eigenvalue weighted by Crippen LogP contribution is 2.38. The third-order valence-corrected chi connectivity index (χ3v) is 11.6. The number of imide groups is 1. The number of fused-ring (bicyclic) bond motifs is 2. The first-order valence-corrected chi connectivity index (χ1v) is 19.4. The van der Waals surface area contributed by atoms with E-state index in [4.69, 9.17) is 10.7 Å². The summed E-state index contributed by atoms with van der Waals surface area (Å²) >= 11 is 1.65. The van der Waals surface area contributed by atoms with E-state index in [-0.39, 0.29) is 36.1 Å². The van der Waals surface area contributed by atoms with Crippen molar-refractivity contribution in [3.8, 4) is 11.3 Å². The van der Waals surface area contributed by atoms with Gasteiger partial charge in [0.25, 0.3) is 11.8 Å². The van der Waals surface area contributed by atoms with E-state index in [1.807, 2.05) is 39.8 Å². The van der Waals surface area contributed by atoms with Gasteiger partial charge in [-0.1, -0.05) is 24.3 Å². The Labute approximate surface area is 320 Å². The minimum Gasteiger partial charge on any atom is -0.382 e. The first-order valence-electron chi connectivity index (χ1n) is 18.4. The molecule has 0 spiro atoms. The highest BCUT2D eigenvalue weighted by Gasteiger charge is 2.40. The SMILES string of the molecule is Nc1nccn2c([C@@H]3CCCN3C(=O)CCCCSc3cccc4c3CN(C3CCC(=O)NC3=O)C4=O)nc(-c3ccc(C(=O)Nc4ccccn4)cc3)c12. The number of nitrogens with two attached hydrogens (primary N) is 1. The zero-order valence-corrected chi connectivity index (χ0v) is 30.8. The van der Waals surface area contributed by atoms with Crippen molar-refractivity contribution in [3.63, 3.8) is 0 Å². The lowest BCUT2D eigenvalue weighted by Gasteiger charge is -2.29. The monoisotopic (exact) mass is 757 g/mol. The van der Waals surface area contributed by atoms with Crippen LogP contribution in [0, 0.1) is 0 Å². The summed E-state index contributed by atoms with van der Waals surface area (Å²) in [7, 11) is 0. The predicted molar refractivity (Wildman–Crippen MR) is 206 cm³/mol. The summed E-state index contributed by atoms with van der Waals surface area (Å²) in [6, 6.07) is 17.2. The molecule has 2 saturated heterocycles. The standard InChI is InChI=1S/C40H39N9O5S/c41-36-35-34(24-12-14-25(15-13-24)38(52)44-31-10-1-3-18-42-31)46-37(48(35)21-19-43-36)28-8-6-20-47(28)33(51)11-2-4-22-55-30-9-5-7-26-27(30)23-49(40(26)54)29-16-17-32(50)45-39(29)53/h1,3,5,7,9-10,12-15,18-19,21,28-29H,2,4,6,8,11,16-17,20,22-23H2,(H2,41,43)(H,42,44,52)(H,45,50,53)/t28-,29?/m0/s1. The number of nitrogen functional groups attached to an aromatic ring is 1. The molecule has 3 aliphatic rings. The van der Waals surface area contributed by atoms with Crippen molar-refractivity contribution in [2.24, 2.45) is 0 Å². The fourth-order valence-electron chi connectivity index (χ4n) is 7.66. The zero-order valence-electron chi connectivity index (χ0n) is 29.9. The summed E-state index contributed by atoms with van der Waals surface area (Å²) in [6.07, 6.45) is 9.13. The number of likely N-dealkylation sites (tertiary alicyclic amines) is 1. The molecule has 3 aliphatic heterocycles. The Kier molecular flexibility index (Phi) is 10.0. The van der Waals surface area contributed by atoms with Gasteiger partial charge in [-0.05, 0) is 79.8 Å². The lowest BCUT2D eigenvalue weighted by molar-refractivity contribution is -0.137. The summed E-state index contributed by atoms with van der Waals surface area (Å²) in [4.78, 5) is 81.9. The minimum atomic E-state index is -0.652. The van der Waals surface area contributed by atoms with Crippen LogP contribution in [0.2, 0.25) is 0 Å². The molecule has 6 heterocycles. The van der Waals surface area contributed by atoms with E-state index in [0.717, 1.165) is 46.9 Å². The molecule has 0 radical (unpaired) electrons. The van der Waals surface area contributed by atoms with E-state index in [0.29, 0.717) is 66.3 Å². The highest BCUT2D eigenvalue weighted by atomic mass is 32.2. The summed E-state index contributed by atoms with van der Waals surface area (Å²) in [5, 5.41) is 5.15. The second kappa shape index (κ2) is 15.3. The van der Waals surface area contributed by atoms with Crippen LogP contribution in [-0.2, 0) is 20.9 Å². The number of carbonyl (C=O) groups excluding carboxylic acids is 5. The molecule has 14 nitrogen and oxygen atoms in total. The van der Waals surface area contributed by atoms with Crippen LogP contribution in [0.5, 0.6) is 0 Å². The topological polar surface area (TPSA) is 185 Å². The first kappa shape index (κ1) is 35.9. The number of unbranched alkanes of at least 4 members (excludes halogenated alkanes) is 1. The molecule has 55 heavy (non-hydrogen) atoms. The van der Waals surface area contributed by atoms with Crippen molar-refractivity contribution >= 4 is 58.5 Å². The van der Waals surface area contributed by atoms with Crippen molar-refractivity contribution in [1.82, 2.24) is 34.5 Å². The van der Waals surface area contributed by atoms with Crippen LogP contribution >= 0.6 is 11.8 Å². The van der Waals surface area contributed by atoms with Gasteiger partial charge in [-0.2, -0.15) is 0 Å². The van der Waals surface area contributed by atoms with Gasteiger partial charge in [0.1, 0.15) is 34.7 Å². The number of rotatable bonds is 11. The second-order valence-electron chi connectivity index (χ2n) is 13.8. The van der Waals surface area contributed by atoms with Crippen LogP contribution in [0.3, 0.4) is 0 Å². The number of amides is 5. The molecule has 1 unspecified atom stereocenters. The lowest BCUT2D eigenvalue weighted by Crippen LogP contribution is -2.52. The normalized spacial score (nSPS) is 18.1. The van der Waals surface area contributed by atoms with Crippen molar-refractivity contribution in [2.45, 2.75) is 68.5 Å². The Morgan fingerprint density at radius 1 is 0.945 bits per heavy atom. The van der Waals surface area contributed by atoms with E-state index in [2.05, 4.69) is 20.6 Å². The maximum atomic E-state index is 13.7. The minimum absolute atomic E-state index is 0.0715. The number of carbonyl (C=O) groups is 5. The second-order valence-corrected chi connectivity index (χ2v) is 15.0. The third-order valence-electron chi connectivity index (χ3n) is 10.4. The Hall–Kier alpha value is -6.09. The van der Waals surface area contributed by atoms with Crippen LogP contribution in [0.15, 0.2) is 84.1 Å². The summed E-state index contributed by atoms with van der Waals surface area (Å²) in [5.74, 6) is 1.14. The van der Waals surface area contributed by atoms with Gasteiger partial charge in [-0.3, -0.25) is 33.7 Å². The van der Waals surface area contributed by atoms with Gasteiger partial charge in [0.05, 0.1) is 6.04 Å². The van der Waals surface area contributed by atoms with E-state index < -0.39 is 11.9 Å². The van der Waals surface area contributed by atoms with Gasteiger partial charge in [-0.25, -0.2) is 15.0 Å². The molecule has 0 aliphatic carbocycles. The average molecular weight is 758 g/mol. The van der Waals surface area contributed by atoms with Gasteiger partial charge in [0, 0.05) is 66.1 Å². The molecular formula is C40H39N9O5S. The Balaban J connectivity index is 0.902. The quantitative estimate of drug-likeness (QED) is 0.0940. The summed E-state index contributed by atoms with van der Waals surface area (Å²) in [6.45, 7) is 0.969. The van der Waals surface area contributed by atoms with Crippen LogP contribution in [0.4, 0.5) is 11.6 Å². The average Bonchev–Trinajstić information content (AvgIpc) is 3.92. The van der Waals surface area contributed by atoms with Crippen molar-refractivity contribution < 1.29 is 24.0 Å². The third kappa shape index (κ3) is 7.14. The van der Waals surface area contributed by atoms with Crippen LogP contribution in [0.25, 0.3) is 16.8 Å². The molecule has 4 N–H and O–H groups in total. The van der Waals surface area contributed by atoms with Crippen molar-refractivity contribution in [3.05, 3.63) is 102 Å². The van der Waals surface area contributed by atoms with Crippen LogP contribution in [0.1, 0.15) is 83.1 Å². The van der Waals surface area contributed by atoms with E-state index >= 15 is 0 Å². The number of thioether (sulfide) groups is 1. The molecule has 2 aromatic carbocycles. The molecule has 3 aromatic heterocycles. The number of anilines is 2. The lowest BCUT2D eigenvalue weighted by atomic mass is 10.0. The van der Waals surface area contributed by atoms with Gasteiger partial charge in [-0.15, -0.1) is 11.8 Å². The molecule has 5 amide bonds. The Morgan fingerprint density at radius 2 is 1.80 bits per heavy atom. The van der Waals surface area contributed by atoms with Gasteiger partial charge in [0.2, 0.25) is 17.7 Å². The van der Waals surface area contributed by atoms with Crippen LogP contribution < -0.4 is 16.4 Å². The first-order chi connectivity index (χ1) is 26.8. The smallest absolute Gasteiger partial charge is 0.256 e. The molecule has 280 valence electrons. The number of aromatic nitrogens is 4. The molecule has 8 rings (SSSR count). The molecule has 2 fully saturated rings. The summed E-state index contributed by atoms with van der Waals surface area (Å²) in [5.41, 5.74) is 10.4. The maximum Gasteiger partial charge on any atom is 0.256 e. The maximum absolute atomic E-state index is 13.7. The van der Waals surface area contributed by atoms with E-state index in [9.17, 15) is 24.0 Å². The van der Waals surface area contributed by atoms with Gasteiger partial charge < -0.3 is 20.9 Å². The highest BCUT2D eigenvalue weighted by molar-refractivity contribution is 7.99. The van der Waals surface area contributed by atoms with Gasteiger partial charge in [0.15, 0.2) is 0 Å². The van der Waals surface area contributed by atoms with Crippen molar-refractivity contribution in [1.29, 1.82) is 0 Å².